The fraction of sp³-hybridized carbons (Fsp3) is 0.316. The Morgan fingerprint density at radius 3 is 2.43 bits per heavy atom. The van der Waals surface area contributed by atoms with Crippen LogP contribution in [0.1, 0.15) is 12.8 Å². The normalized spacial score (nSPS) is 16.0. The molecule has 1 fully saturated rings. The predicted octanol–water partition coefficient (Wildman–Crippen LogP) is 3.01. The number of carbonyl (C=O) groups excluding carboxylic acids is 1. The largest absolute Gasteiger partial charge is 0.495 e. The molecule has 0 bridgehead atoms. The molecular weight excluding hydrogens is 390 g/mol. The van der Waals surface area contributed by atoms with Gasteiger partial charge in [-0.1, -0.05) is 6.07 Å². The number of nitrogens with zero attached hydrogens (tertiary/aromatic N) is 1. The Bertz CT molecular complexity index is 974. The number of ether oxygens (including phenoxy) is 1. The lowest BCUT2D eigenvalue weighted by molar-refractivity contribution is -0.120. The zero-order valence-electron chi connectivity index (χ0n) is 15.2. The summed E-state index contributed by atoms with van der Waals surface area (Å²) < 4.78 is 58.8. The standard InChI is InChI=1S/C19H20F2N2O4S/c1-27-17-6-5-15(21)12-18(17)28(25,26)23-9-7-13(8-10-23)19(24)22-16-4-2-3-14(20)11-16/h2-6,11-13H,7-10H2,1H3,(H,22,24). The van der Waals surface area contributed by atoms with Crippen LogP contribution in [0.25, 0.3) is 0 Å². The van der Waals surface area contributed by atoms with Crippen LogP contribution in [0.15, 0.2) is 47.4 Å². The number of methoxy groups -OCH3 is 1. The minimum Gasteiger partial charge on any atom is -0.495 e. The number of benzene rings is 2. The number of halogens is 2. The predicted molar refractivity (Wildman–Crippen MR) is 99.5 cm³/mol. The maximum Gasteiger partial charge on any atom is 0.246 e. The summed E-state index contributed by atoms with van der Waals surface area (Å²) in [5, 5.41) is 2.65. The van der Waals surface area contributed by atoms with Gasteiger partial charge in [-0.25, -0.2) is 17.2 Å². The molecule has 0 aliphatic carbocycles. The van der Waals surface area contributed by atoms with E-state index in [-0.39, 0.29) is 29.6 Å². The second-order valence-corrected chi connectivity index (χ2v) is 8.38. The lowest BCUT2D eigenvalue weighted by Gasteiger charge is -2.30. The van der Waals surface area contributed by atoms with Gasteiger partial charge in [0.25, 0.3) is 0 Å². The molecule has 1 amide bonds. The highest BCUT2D eigenvalue weighted by molar-refractivity contribution is 7.89. The van der Waals surface area contributed by atoms with Gasteiger partial charge in [0, 0.05) is 24.7 Å². The Hall–Kier alpha value is -2.52. The molecule has 0 atom stereocenters. The van der Waals surface area contributed by atoms with Gasteiger partial charge in [0.05, 0.1) is 7.11 Å². The molecule has 9 heteroatoms. The first kappa shape index (κ1) is 20.2. The van der Waals surface area contributed by atoms with Crippen LogP contribution in [0.4, 0.5) is 14.5 Å². The number of hydrogen-bond donors (Lipinski definition) is 1. The van der Waals surface area contributed by atoms with E-state index in [2.05, 4.69) is 5.32 Å². The molecule has 0 aromatic heterocycles. The molecule has 0 spiro atoms. The van der Waals surface area contributed by atoms with E-state index in [1.807, 2.05) is 0 Å². The lowest BCUT2D eigenvalue weighted by Crippen LogP contribution is -2.41. The molecule has 6 nitrogen and oxygen atoms in total. The lowest BCUT2D eigenvalue weighted by atomic mass is 9.97. The Kier molecular flexibility index (Phi) is 5.95. The Balaban J connectivity index is 1.68. The first-order valence-electron chi connectivity index (χ1n) is 8.71. The van der Waals surface area contributed by atoms with Crippen molar-refractivity contribution in [3.63, 3.8) is 0 Å². The third kappa shape index (κ3) is 4.31. The van der Waals surface area contributed by atoms with E-state index < -0.39 is 27.6 Å². The van der Waals surface area contributed by atoms with Gasteiger partial charge in [0.15, 0.2) is 0 Å². The number of rotatable bonds is 5. The Morgan fingerprint density at radius 2 is 1.79 bits per heavy atom. The molecule has 1 aliphatic rings. The van der Waals surface area contributed by atoms with Crippen molar-refractivity contribution < 1.29 is 26.7 Å². The number of carbonyl (C=O) groups is 1. The number of hydrogen-bond acceptors (Lipinski definition) is 4. The molecule has 0 radical (unpaired) electrons. The summed E-state index contributed by atoms with van der Waals surface area (Å²) in [6.45, 7) is 0.229. The summed E-state index contributed by atoms with van der Waals surface area (Å²) in [5.41, 5.74) is 0.351. The number of sulfonamides is 1. The highest BCUT2D eigenvalue weighted by Gasteiger charge is 2.34. The average Bonchev–Trinajstić information content (AvgIpc) is 2.68. The first-order chi connectivity index (χ1) is 13.3. The third-order valence-corrected chi connectivity index (χ3v) is 6.58. The van der Waals surface area contributed by atoms with Gasteiger partial charge in [0.2, 0.25) is 15.9 Å². The van der Waals surface area contributed by atoms with Crippen molar-refractivity contribution in [1.29, 1.82) is 0 Å². The Labute approximate surface area is 162 Å². The van der Waals surface area contributed by atoms with E-state index in [0.717, 1.165) is 12.1 Å². The van der Waals surface area contributed by atoms with Crippen molar-refractivity contribution in [2.75, 3.05) is 25.5 Å². The van der Waals surface area contributed by atoms with Crippen molar-refractivity contribution >= 4 is 21.6 Å². The molecule has 1 aliphatic heterocycles. The molecule has 0 unspecified atom stereocenters. The number of piperidine rings is 1. The summed E-state index contributed by atoms with van der Waals surface area (Å²) in [4.78, 5) is 12.1. The van der Waals surface area contributed by atoms with Crippen LogP contribution in [-0.2, 0) is 14.8 Å². The molecule has 2 aromatic carbocycles. The van der Waals surface area contributed by atoms with Crippen molar-refractivity contribution in [3.8, 4) is 5.75 Å². The van der Waals surface area contributed by atoms with Crippen molar-refractivity contribution in [3.05, 3.63) is 54.1 Å². The van der Waals surface area contributed by atoms with E-state index in [4.69, 9.17) is 4.74 Å². The van der Waals surface area contributed by atoms with Gasteiger partial charge < -0.3 is 10.1 Å². The van der Waals surface area contributed by atoms with Crippen LogP contribution >= 0.6 is 0 Å². The minimum absolute atomic E-state index is 0.0624. The van der Waals surface area contributed by atoms with E-state index in [0.29, 0.717) is 18.5 Å². The molecule has 3 rings (SSSR count). The van der Waals surface area contributed by atoms with Crippen LogP contribution in [0.5, 0.6) is 5.75 Å². The molecule has 28 heavy (non-hydrogen) atoms. The summed E-state index contributed by atoms with van der Waals surface area (Å²) in [6, 6.07) is 8.88. The monoisotopic (exact) mass is 410 g/mol. The van der Waals surface area contributed by atoms with Crippen LogP contribution in [0.2, 0.25) is 0 Å². The third-order valence-electron chi connectivity index (χ3n) is 4.66. The van der Waals surface area contributed by atoms with Gasteiger partial charge in [-0.2, -0.15) is 4.31 Å². The van der Waals surface area contributed by atoms with Gasteiger partial charge in [-0.3, -0.25) is 4.79 Å². The fourth-order valence-corrected chi connectivity index (χ4v) is 4.80. The minimum atomic E-state index is -3.95. The summed E-state index contributed by atoms with van der Waals surface area (Å²) in [5.74, 6) is -1.76. The van der Waals surface area contributed by atoms with Crippen molar-refractivity contribution in [2.45, 2.75) is 17.7 Å². The topological polar surface area (TPSA) is 75.7 Å². The highest BCUT2D eigenvalue weighted by Crippen LogP contribution is 2.30. The van der Waals surface area contributed by atoms with Gasteiger partial charge in [-0.05, 0) is 49.2 Å². The summed E-state index contributed by atoms with van der Waals surface area (Å²) in [7, 11) is -2.64. The first-order valence-corrected chi connectivity index (χ1v) is 10.2. The number of anilines is 1. The molecule has 1 N–H and O–H groups in total. The van der Waals surface area contributed by atoms with Crippen LogP contribution in [-0.4, -0.2) is 38.8 Å². The maximum atomic E-state index is 13.6. The zero-order chi connectivity index (χ0) is 20.3. The summed E-state index contributed by atoms with van der Waals surface area (Å²) in [6.07, 6.45) is 0.607. The van der Waals surface area contributed by atoms with Gasteiger partial charge in [0.1, 0.15) is 22.3 Å². The average molecular weight is 410 g/mol. The number of amides is 1. The SMILES string of the molecule is COc1ccc(F)cc1S(=O)(=O)N1CCC(C(=O)Nc2cccc(F)c2)CC1. The van der Waals surface area contributed by atoms with Gasteiger partial charge in [-0.15, -0.1) is 0 Å². The quantitative estimate of drug-likeness (QED) is 0.822. The maximum absolute atomic E-state index is 13.6. The second kappa shape index (κ2) is 8.24. The van der Waals surface area contributed by atoms with Crippen LogP contribution in [0.3, 0.4) is 0 Å². The molecule has 1 saturated heterocycles. The summed E-state index contributed by atoms with van der Waals surface area (Å²) >= 11 is 0. The Morgan fingerprint density at radius 1 is 1.11 bits per heavy atom. The van der Waals surface area contributed by atoms with E-state index in [9.17, 15) is 22.0 Å². The second-order valence-electron chi connectivity index (χ2n) is 6.47. The van der Waals surface area contributed by atoms with Crippen molar-refractivity contribution in [1.82, 2.24) is 4.31 Å². The molecular formula is C19H20F2N2O4S. The van der Waals surface area contributed by atoms with E-state index >= 15 is 0 Å². The highest BCUT2D eigenvalue weighted by atomic mass is 32.2. The van der Waals surface area contributed by atoms with E-state index in [1.54, 1.807) is 6.07 Å². The van der Waals surface area contributed by atoms with Crippen molar-refractivity contribution in [2.24, 2.45) is 5.92 Å². The molecule has 0 saturated carbocycles. The van der Waals surface area contributed by atoms with Crippen LogP contribution < -0.4 is 10.1 Å². The zero-order valence-corrected chi connectivity index (χ0v) is 16.0. The van der Waals surface area contributed by atoms with E-state index in [1.165, 1.54) is 35.7 Å². The van der Waals surface area contributed by atoms with Gasteiger partial charge >= 0.3 is 0 Å². The van der Waals surface area contributed by atoms with Crippen LogP contribution in [0, 0.1) is 17.6 Å². The molecule has 2 aromatic rings. The molecule has 1 heterocycles. The number of nitrogens with one attached hydrogen (secondary N) is 1. The smallest absolute Gasteiger partial charge is 0.246 e. The molecule has 150 valence electrons. The fourth-order valence-electron chi connectivity index (χ4n) is 3.16.